The molecule has 1 atom stereocenters. The molecule has 1 saturated carbocycles. The van der Waals surface area contributed by atoms with Gasteiger partial charge in [0.25, 0.3) is 0 Å². The summed E-state index contributed by atoms with van der Waals surface area (Å²) in [4.78, 5) is 16.9. The van der Waals surface area contributed by atoms with E-state index in [-0.39, 0.29) is 29.8 Å². The second-order valence-corrected chi connectivity index (χ2v) is 9.10. The molecule has 2 aromatic rings. The molecule has 154 valence electrons. The molecular formula is C21H29F2N3O2. The summed E-state index contributed by atoms with van der Waals surface area (Å²) in [5, 5.41) is 13.1. The molecule has 3 rings (SSSR count). The number of rotatable bonds is 6. The summed E-state index contributed by atoms with van der Waals surface area (Å²) in [6, 6.07) is 3.12. The lowest BCUT2D eigenvalue weighted by atomic mass is 9.84. The molecule has 1 aromatic carbocycles. The Labute approximate surface area is 164 Å². The van der Waals surface area contributed by atoms with Crippen LogP contribution in [0.1, 0.15) is 71.9 Å². The monoisotopic (exact) mass is 393 g/mol. The zero-order chi connectivity index (χ0) is 20.9. The fraction of sp³-hybridized carbons (Fsp3) is 0.619. The number of amides is 1. The van der Waals surface area contributed by atoms with Gasteiger partial charge in [-0.15, -0.1) is 0 Å². The number of carbonyl (C=O) groups is 1. The number of fused-ring (bicyclic) bond motifs is 1. The molecule has 1 amide bonds. The maximum atomic E-state index is 14.7. The number of hydrogen-bond acceptors (Lipinski definition) is 3. The second-order valence-electron chi connectivity index (χ2n) is 9.10. The van der Waals surface area contributed by atoms with E-state index in [9.17, 15) is 18.7 Å². The van der Waals surface area contributed by atoms with Gasteiger partial charge in [-0.3, -0.25) is 10.1 Å². The molecule has 1 aliphatic carbocycles. The molecule has 2 N–H and O–H groups in total. The third-order valence-electron chi connectivity index (χ3n) is 5.84. The first-order valence-electron chi connectivity index (χ1n) is 9.78. The number of nitrogens with zero attached hydrogens (tertiary/aromatic N) is 2. The Hall–Kier alpha value is -2.02. The van der Waals surface area contributed by atoms with E-state index in [4.69, 9.17) is 0 Å². The van der Waals surface area contributed by atoms with Gasteiger partial charge in [-0.2, -0.15) is 0 Å². The van der Waals surface area contributed by atoms with Crippen molar-refractivity contribution in [3.63, 3.8) is 0 Å². The van der Waals surface area contributed by atoms with Gasteiger partial charge in [0.15, 0.2) is 5.82 Å². The van der Waals surface area contributed by atoms with Crippen LogP contribution in [0, 0.1) is 11.2 Å². The summed E-state index contributed by atoms with van der Waals surface area (Å²) in [5.41, 5.74) is -0.850. The Kier molecular flexibility index (Phi) is 5.25. The summed E-state index contributed by atoms with van der Waals surface area (Å²) < 4.78 is 30.3. The van der Waals surface area contributed by atoms with Crippen LogP contribution in [0.3, 0.4) is 0 Å². The maximum Gasteiger partial charge on any atom is 0.227 e. The van der Waals surface area contributed by atoms with E-state index in [1.54, 1.807) is 33.8 Å². The predicted octanol–water partition coefficient (Wildman–Crippen LogP) is 4.84. The van der Waals surface area contributed by atoms with Crippen LogP contribution in [0.4, 0.5) is 14.7 Å². The van der Waals surface area contributed by atoms with Crippen molar-refractivity contribution in [3.05, 3.63) is 23.5 Å². The molecule has 0 bridgehead atoms. The van der Waals surface area contributed by atoms with Crippen molar-refractivity contribution in [2.75, 3.05) is 5.32 Å². The van der Waals surface area contributed by atoms with Gasteiger partial charge >= 0.3 is 0 Å². The Morgan fingerprint density at radius 3 is 2.50 bits per heavy atom. The first-order valence-corrected chi connectivity index (χ1v) is 9.78. The minimum atomic E-state index is -1.20. The van der Waals surface area contributed by atoms with E-state index in [1.807, 2.05) is 4.57 Å². The van der Waals surface area contributed by atoms with Gasteiger partial charge in [-0.05, 0) is 57.7 Å². The van der Waals surface area contributed by atoms with E-state index in [1.165, 1.54) is 13.0 Å². The summed E-state index contributed by atoms with van der Waals surface area (Å²) in [7, 11) is 0. The third kappa shape index (κ3) is 3.90. The van der Waals surface area contributed by atoms with Crippen LogP contribution in [0.25, 0.3) is 11.0 Å². The van der Waals surface area contributed by atoms with E-state index < -0.39 is 23.0 Å². The number of carbonyl (C=O) groups excluding carboxylic acids is 1. The van der Waals surface area contributed by atoms with Gasteiger partial charge in [0.1, 0.15) is 11.7 Å². The molecule has 1 fully saturated rings. The molecule has 0 saturated heterocycles. The highest BCUT2D eigenvalue weighted by Gasteiger charge is 2.31. The smallest absolute Gasteiger partial charge is 0.227 e. The van der Waals surface area contributed by atoms with E-state index >= 15 is 0 Å². The Morgan fingerprint density at radius 1 is 1.36 bits per heavy atom. The van der Waals surface area contributed by atoms with Crippen molar-refractivity contribution >= 4 is 22.9 Å². The summed E-state index contributed by atoms with van der Waals surface area (Å²) in [5.74, 6) is -0.617. The number of hydrogen-bond donors (Lipinski definition) is 2. The first-order chi connectivity index (χ1) is 12.9. The van der Waals surface area contributed by atoms with Crippen molar-refractivity contribution < 1.29 is 18.7 Å². The molecule has 0 spiro atoms. The standard InChI is InChI=1S/C21H29F2N3O2/c1-12(22)20(2,3)11-17(27)24-19-25-18-15(23)9-13(21(4,5)28)10-16(18)26(19)14-7-6-8-14/h9-10,12,14,28H,6-8,11H2,1-5H3,(H,24,25,27). The van der Waals surface area contributed by atoms with E-state index in [2.05, 4.69) is 10.3 Å². The number of halogens is 2. The molecule has 1 unspecified atom stereocenters. The lowest BCUT2D eigenvalue weighted by molar-refractivity contribution is -0.119. The number of imidazole rings is 1. The van der Waals surface area contributed by atoms with Gasteiger partial charge in [-0.25, -0.2) is 13.8 Å². The highest BCUT2D eigenvalue weighted by atomic mass is 19.1. The average Bonchev–Trinajstić information content (AvgIpc) is 2.83. The lowest BCUT2D eigenvalue weighted by Crippen LogP contribution is -2.30. The number of benzene rings is 1. The van der Waals surface area contributed by atoms with Crippen molar-refractivity contribution in [3.8, 4) is 0 Å². The minimum absolute atomic E-state index is 0.00403. The van der Waals surface area contributed by atoms with E-state index in [0.29, 0.717) is 11.1 Å². The molecule has 1 aromatic heterocycles. The quantitative estimate of drug-likeness (QED) is 0.738. The molecular weight excluding hydrogens is 364 g/mol. The molecule has 1 aliphatic rings. The fourth-order valence-corrected chi connectivity index (χ4v) is 3.33. The van der Waals surface area contributed by atoms with Crippen molar-refractivity contribution in [1.82, 2.24) is 9.55 Å². The molecule has 28 heavy (non-hydrogen) atoms. The Morgan fingerprint density at radius 2 is 2.00 bits per heavy atom. The normalized spacial score (nSPS) is 16.9. The van der Waals surface area contributed by atoms with E-state index in [0.717, 1.165) is 19.3 Å². The highest BCUT2D eigenvalue weighted by molar-refractivity contribution is 5.92. The summed E-state index contributed by atoms with van der Waals surface area (Å²) in [6.45, 7) is 8.02. The van der Waals surface area contributed by atoms with Gasteiger partial charge in [0.2, 0.25) is 11.9 Å². The van der Waals surface area contributed by atoms with Crippen LogP contribution in [-0.2, 0) is 10.4 Å². The number of alkyl halides is 1. The van der Waals surface area contributed by atoms with Gasteiger partial charge in [0.05, 0.1) is 11.1 Å². The topological polar surface area (TPSA) is 67.2 Å². The summed E-state index contributed by atoms with van der Waals surface area (Å²) in [6.07, 6.45) is 1.73. The second kappa shape index (κ2) is 7.10. The molecule has 0 aliphatic heterocycles. The van der Waals surface area contributed by atoms with Crippen molar-refractivity contribution in [2.24, 2.45) is 5.41 Å². The van der Waals surface area contributed by atoms with Crippen LogP contribution in [0.2, 0.25) is 0 Å². The number of aromatic nitrogens is 2. The van der Waals surface area contributed by atoms with Gasteiger partial charge < -0.3 is 9.67 Å². The number of aliphatic hydroxyl groups is 1. The Bertz CT molecular complexity index is 893. The van der Waals surface area contributed by atoms with Crippen molar-refractivity contribution in [1.29, 1.82) is 0 Å². The zero-order valence-electron chi connectivity index (χ0n) is 17.1. The molecule has 7 heteroatoms. The third-order valence-corrected chi connectivity index (χ3v) is 5.84. The highest BCUT2D eigenvalue weighted by Crippen LogP contribution is 2.39. The lowest BCUT2D eigenvalue weighted by Gasteiger charge is -2.30. The molecule has 1 heterocycles. The van der Waals surface area contributed by atoms with Crippen LogP contribution in [0.5, 0.6) is 0 Å². The Balaban J connectivity index is 2.02. The van der Waals surface area contributed by atoms with Gasteiger partial charge in [0, 0.05) is 17.9 Å². The molecule has 0 radical (unpaired) electrons. The maximum absolute atomic E-state index is 14.7. The SMILES string of the molecule is CC(F)C(C)(C)CC(=O)Nc1nc2c(F)cc(C(C)(C)O)cc2n1C1CCC1. The van der Waals surface area contributed by atoms with Crippen LogP contribution < -0.4 is 5.32 Å². The fourth-order valence-electron chi connectivity index (χ4n) is 3.33. The zero-order valence-corrected chi connectivity index (χ0v) is 17.1. The minimum Gasteiger partial charge on any atom is -0.386 e. The number of nitrogens with one attached hydrogen (secondary N) is 1. The largest absolute Gasteiger partial charge is 0.386 e. The average molecular weight is 393 g/mol. The van der Waals surface area contributed by atoms with Crippen LogP contribution >= 0.6 is 0 Å². The van der Waals surface area contributed by atoms with Crippen LogP contribution in [0.15, 0.2) is 12.1 Å². The molecule has 5 nitrogen and oxygen atoms in total. The van der Waals surface area contributed by atoms with Crippen molar-refractivity contribution in [2.45, 2.75) is 78.1 Å². The van der Waals surface area contributed by atoms with Crippen LogP contribution in [-0.4, -0.2) is 26.7 Å². The first kappa shape index (κ1) is 20.7. The predicted molar refractivity (Wildman–Crippen MR) is 105 cm³/mol. The summed E-state index contributed by atoms with van der Waals surface area (Å²) >= 11 is 0. The van der Waals surface area contributed by atoms with Gasteiger partial charge in [-0.1, -0.05) is 13.8 Å². The number of anilines is 1.